The molecule has 0 radical (unpaired) electrons. The minimum atomic E-state index is -1.14. The highest BCUT2D eigenvalue weighted by Gasteiger charge is 2.14. The van der Waals surface area contributed by atoms with Gasteiger partial charge in [0.1, 0.15) is 5.75 Å². The first-order valence-corrected chi connectivity index (χ1v) is 7.54. The predicted octanol–water partition coefficient (Wildman–Crippen LogP) is 4.12. The van der Waals surface area contributed by atoms with E-state index < -0.39 is 6.09 Å². The van der Waals surface area contributed by atoms with Crippen molar-refractivity contribution in [2.24, 2.45) is 0 Å². The molecule has 2 aromatic rings. The molecule has 2 rings (SSSR count). The molecular weight excluding hydrogens is 308 g/mol. The van der Waals surface area contributed by atoms with E-state index in [1.165, 1.54) is 0 Å². The average Bonchev–Trinajstić information content (AvgIpc) is 2.48. The smallest absolute Gasteiger partial charge is 0.409 e. The molecule has 0 fully saturated rings. The van der Waals surface area contributed by atoms with Crippen molar-refractivity contribution in [3.05, 3.63) is 53.6 Å². The summed E-state index contributed by atoms with van der Waals surface area (Å²) in [5, 5.41) is 13.7. The second-order valence-corrected chi connectivity index (χ2v) is 5.63. The van der Waals surface area contributed by atoms with Crippen molar-refractivity contribution in [2.45, 2.75) is 26.9 Å². The normalized spacial score (nSPS) is 10.3. The minimum absolute atomic E-state index is 0.0419. The van der Waals surface area contributed by atoms with Crippen LogP contribution in [-0.4, -0.2) is 23.2 Å². The molecular formula is C18H20N2O4. The van der Waals surface area contributed by atoms with E-state index in [0.29, 0.717) is 22.7 Å². The average molecular weight is 328 g/mol. The first-order valence-electron chi connectivity index (χ1n) is 7.54. The van der Waals surface area contributed by atoms with Crippen molar-refractivity contribution in [3.8, 4) is 5.75 Å². The summed E-state index contributed by atoms with van der Waals surface area (Å²) in [6.07, 6.45) is -1.18. The van der Waals surface area contributed by atoms with Gasteiger partial charge < -0.3 is 15.2 Å². The summed E-state index contributed by atoms with van der Waals surface area (Å²) < 4.78 is 5.71. The predicted molar refractivity (Wildman–Crippen MR) is 93.0 cm³/mol. The zero-order valence-electron chi connectivity index (χ0n) is 13.8. The van der Waals surface area contributed by atoms with Crippen molar-refractivity contribution in [2.75, 3.05) is 10.6 Å². The highest BCUT2D eigenvalue weighted by Crippen LogP contribution is 2.23. The lowest BCUT2D eigenvalue weighted by Crippen LogP contribution is -2.16. The topological polar surface area (TPSA) is 87.7 Å². The third-order valence-electron chi connectivity index (χ3n) is 3.14. The molecule has 0 aromatic heterocycles. The van der Waals surface area contributed by atoms with Crippen LogP contribution in [0.5, 0.6) is 5.75 Å². The molecule has 2 aromatic carbocycles. The zero-order chi connectivity index (χ0) is 17.7. The summed E-state index contributed by atoms with van der Waals surface area (Å²) in [5.74, 6) is 0.247. The summed E-state index contributed by atoms with van der Waals surface area (Å²) in [6.45, 7) is 5.74. The van der Waals surface area contributed by atoms with E-state index in [1.54, 1.807) is 30.3 Å². The van der Waals surface area contributed by atoms with E-state index in [0.717, 1.165) is 5.56 Å². The number of nitrogens with one attached hydrogen (secondary N) is 2. The van der Waals surface area contributed by atoms with Crippen molar-refractivity contribution in [1.29, 1.82) is 0 Å². The van der Waals surface area contributed by atoms with Gasteiger partial charge in [-0.1, -0.05) is 6.07 Å². The Hall–Kier alpha value is -3.02. The lowest BCUT2D eigenvalue weighted by molar-refractivity contribution is 0.102. The molecule has 0 unspecified atom stereocenters. The molecule has 6 nitrogen and oxygen atoms in total. The van der Waals surface area contributed by atoms with Gasteiger partial charge in [0.05, 0.1) is 11.7 Å². The number of hydrogen-bond donors (Lipinski definition) is 3. The van der Waals surface area contributed by atoms with Crippen LogP contribution in [0.3, 0.4) is 0 Å². The number of hydrogen-bond acceptors (Lipinski definition) is 3. The largest absolute Gasteiger partial charge is 0.490 e. The molecule has 0 aliphatic carbocycles. The van der Waals surface area contributed by atoms with Crippen LogP contribution in [-0.2, 0) is 0 Å². The van der Waals surface area contributed by atoms with Crippen LogP contribution in [0.15, 0.2) is 42.5 Å². The number of rotatable bonds is 5. The summed E-state index contributed by atoms with van der Waals surface area (Å²) in [7, 11) is 0. The molecule has 0 spiro atoms. The van der Waals surface area contributed by atoms with Gasteiger partial charge in [-0.3, -0.25) is 10.1 Å². The molecule has 6 heteroatoms. The summed E-state index contributed by atoms with van der Waals surface area (Å²) in [4.78, 5) is 23.1. The van der Waals surface area contributed by atoms with Crippen LogP contribution in [0.1, 0.15) is 29.8 Å². The van der Waals surface area contributed by atoms with E-state index >= 15 is 0 Å². The second kappa shape index (κ2) is 7.50. The molecule has 3 N–H and O–H groups in total. The van der Waals surface area contributed by atoms with Crippen LogP contribution in [0.4, 0.5) is 16.2 Å². The Morgan fingerprint density at radius 2 is 1.58 bits per heavy atom. The van der Waals surface area contributed by atoms with E-state index in [-0.39, 0.29) is 12.0 Å². The van der Waals surface area contributed by atoms with Gasteiger partial charge in [0.15, 0.2) is 0 Å². The Bertz CT molecular complexity index is 739. The van der Waals surface area contributed by atoms with Crippen molar-refractivity contribution in [1.82, 2.24) is 0 Å². The standard InChI is InChI=1S/C18H20N2O4/c1-11(2)24-16-10-12(3)4-9-15(16)17(21)19-13-5-7-14(8-6-13)20-18(22)23/h4-11,20H,1-3H3,(H,19,21)(H,22,23). The highest BCUT2D eigenvalue weighted by molar-refractivity contribution is 6.06. The van der Waals surface area contributed by atoms with Gasteiger partial charge in [0, 0.05) is 11.4 Å². The van der Waals surface area contributed by atoms with Crippen LogP contribution in [0.2, 0.25) is 0 Å². The number of carboxylic acid groups (broad SMARTS) is 1. The van der Waals surface area contributed by atoms with Gasteiger partial charge in [-0.15, -0.1) is 0 Å². The monoisotopic (exact) mass is 328 g/mol. The van der Waals surface area contributed by atoms with Crippen LogP contribution >= 0.6 is 0 Å². The molecule has 0 saturated carbocycles. The molecule has 0 heterocycles. The SMILES string of the molecule is Cc1ccc(C(=O)Nc2ccc(NC(=O)O)cc2)c(OC(C)C)c1. The molecule has 0 bridgehead atoms. The van der Waals surface area contributed by atoms with Gasteiger partial charge in [-0.25, -0.2) is 4.79 Å². The Kier molecular flexibility index (Phi) is 5.42. The first kappa shape index (κ1) is 17.3. The first-order chi connectivity index (χ1) is 11.3. The molecule has 126 valence electrons. The molecule has 24 heavy (non-hydrogen) atoms. The maximum absolute atomic E-state index is 12.5. The molecule has 0 aliphatic heterocycles. The van der Waals surface area contributed by atoms with E-state index in [1.807, 2.05) is 32.9 Å². The number of benzene rings is 2. The van der Waals surface area contributed by atoms with E-state index in [2.05, 4.69) is 10.6 Å². The Balaban J connectivity index is 2.16. The second-order valence-electron chi connectivity index (χ2n) is 5.63. The van der Waals surface area contributed by atoms with Gasteiger partial charge >= 0.3 is 6.09 Å². The molecule has 0 saturated heterocycles. The van der Waals surface area contributed by atoms with Gasteiger partial charge in [0.2, 0.25) is 0 Å². The van der Waals surface area contributed by atoms with Gasteiger partial charge in [0.25, 0.3) is 5.91 Å². The maximum Gasteiger partial charge on any atom is 0.409 e. The van der Waals surface area contributed by atoms with Gasteiger partial charge in [-0.05, 0) is 62.7 Å². The van der Waals surface area contributed by atoms with E-state index in [4.69, 9.17) is 9.84 Å². The number of ether oxygens (including phenoxy) is 1. The summed E-state index contributed by atoms with van der Waals surface area (Å²) in [5.41, 5.74) is 2.44. The lowest BCUT2D eigenvalue weighted by atomic mass is 10.1. The van der Waals surface area contributed by atoms with Crippen molar-refractivity contribution >= 4 is 23.4 Å². The quantitative estimate of drug-likeness (QED) is 0.770. The van der Waals surface area contributed by atoms with Crippen LogP contribution < -0.4 is 15.4 Å². The molecule has 0 aliphatic rings. The number of carbonyl (C=O) groups excluding carboxylic acids is 1. The Labute approximate surface area is 140 Å². The van der Waals surface area contributed by atoms with Crippen LogP contribution in [0.25, 0.3) is 0 Å². The van der Waals surface area contributed by atoms with E-state index in [9.17, 15) is 9.59 Å². The Morgan fingerprint density at radius 3 is 2.12 bits per heavy atom. The maximum atomic E-state index is 12.5. The minimum Gasteiger partial charge on any atom is -0.490 e. The number of carbonyl (C=O) groups is 2. The zero-order valence-corrected chi connectivity index (χ0v) is 13.8. The summed E-state index contributed by atoms with van der Waals surface area (Å²) >= 11 is 0. The fourth-order valence-corrected chi connectivity index (χ4v) is 2.13. The Morgan fingerprint density at radius 1 is 1.00 bits per heavy atom. The third-order valence-corrected chi connectivity index (χ3v) is 3.14. The molecule has 0 atom stereocenters. The number of anilines is 2. The fourth-order valence-electron chi connectivity index (χ4n) is 2.13. The third kappa shape index (κ3) is 4.74. The summed E-state index contributed by atoms with van der Waals surface area (Å²) in [6, 6.07) is 11.8. The van der Waals surface area contributed by atoms with Crippen molar-refractivity contribution in [3.63, 3.8) is 0 Å². The van der Waals surface area contributed by atoms with Gasteiger partial charge in [-0.2, -0.15) is 0 Å². The number of amides is 2. The highest BCUT2D eigenvalue weighted by atomic mass is 16.5. The number of aryl methyl sites for hydroxylation is 1. The lowest BCUT2D eigenvalue weighted by Gasteiger charge is -2.15. The fraction of sp³-hybridized carbons (Fsp3) is 0.222. The van der Waals surface area contributed by atoms with Crippen molar-refractivity contribution < 1.29 is 19.4 Å². The molecule has 2 amide bonds. The van der Waals surface area contributed by atoms with Crippen LogP contribution in [0, 0.1) is 6.92 Å².